The number of ketones is 1. The molecule has 0 saturated carbocycles. The van der Waals surface area contributed by atoms with Crippen molar-refractivity contribution < 1.29 is 9.18 Å². The topological polar surface area (TPSA) is 23.6 Å². The maximum Gasteiger partial charge on any atom is 0.146 e. The normalized spacial score (nSPS) is 15.7. The molecular formula is C28H33FN2OS. The van der Waals surface area contributed by atoms with Crippen LogP contribution in [0.5, 0.6) is 0 Å². The smallest absolute Gasteiger partial charge is 0.146 e. The van der Waals surface area contributed by atoms with Crippen LogP contribution < -0.4 is 4.90 Å². The predicted octanol–water partition coefficient (Wildman–Crippen LogP) is 6.35. The average Bonchev–Trinajstić information content (AvgIpc) is 3.36. The summed E-state index contributed by atoms with van der Waals surface area (Å²) in [5.74, 6) is 0.0548. The molecule has 1 aliphatic heterocycles. The molecule has 1 saturated heterocycles. The van der Waals surface area contributed by atoms with Crippen LogP contribution in [0.2, 0.25) is 0 Å². The first kappa shape index (κ1) is 23.7. The van der Waals surface area contributed by atoms with Crippen LogP contribution in [0, 0.1) is 11.7 Å². The van der Waals surface area contributed by atoms with Gasteiger partial charge in [0.05, 0.1) is 11.7 Å². The number of anilines is 1. The lowest BCUT2D eigenvalue weighted by Gasteiger charge is -2.40. The first-order valence-corrected chi connectivity index (χ1v) is 12.9. The molecule has 1 atom stereocenters. The van der Waals surface area contributed by atoms with Crippen molar-refractivity contribution in [2.75, 3.05) is 31.1 Å². The second-order valence-corrected chi connectivity index (χ2v) is 9.77. The molecule has 33 heavy (non-hydrogen) atoms. The minimum atomic E-state index is -0.226. The number of piperazine rings is 1. The zero-order valence-electron chi connectivity index (χ0n) is 19.5. The summed E-state index contributed by atoms with van der Waals surface area (Å²) in [6.07, 6.45) is 2.00. The van der Waals surface area contributed by atoms with Crippen LogP contribution in [0.1, 0.15) is 48.7 Å². The van der Waals surface area contributed by atoms with Gasteiger partial charge in [-0.3, -0.25) is 9.69 Å². The fourth-order valence-corrected chi connectivity index (χ4v) is 5.75. The number of hydrogen-bond acceptors (Lipinski definition) is 4. The van der Waals surface area contributed by atoms with Crippen molar-refractivity contribution in [3.05, 3.63) is 87.9 Å². The third kappa shape index (κ3) is 5.53. The van der Waals surface area contributed by atoms with Gasteiger partial charge in [-0.25, -0.2) is 4.39 Å². The summed E-state index contributed by atoms with van der Waals surface area (Å²) in [7, 11) is 0. The number of rotatable bonds is 9. The van der Waals surface area contributed by atoms with Crippen molar-refractivity contribution in [3.8, 4) is 0 Å². The lowest BCUT2D eigenvalue weighted by atomic mass is 9.93. The highest BCUT2D eigenvalue weighted by molar-refractivity contribution is 7.10. The highest BCUT2D eigenvalue weighted by Crippen LogP contribution is 2.33. The van der Waals surface area contributed by atoms with Gasteiger partial charge in [0.1, 0.15) is 11.6 Å². The summed E-state index contributed by atoms with van der Waals surface area (Å²) in [6, 6.07) is 20.5. The van der Waals surface area contributed by atoms with Gasteiger partial charge in [-0.05, 0) is 47.5 Å². The van der Waals surface area contributed by atoms with E-state index in [-0.39, 0.29) is 23.6 Å². The van der Waals surface area contributed by atoms with E-state index in [9.17, 15) is 4.79 Å². The summed E-state index contributed by atoms with van der Waals surface area (Å²) in [4.78, 5) is 18.4. The van der Waals surface area contributed by atoms with E-state index in [0.717, 1.165) is 44.6 Å². The number of Topliss-reactive ketones (excluding diaryl/α,β-unsaturated/α-hetero) is 1. The van der Waals surface area contributed by atoms with Crippen LogP contribution in [0.3, 0.4) is 0 Å². The first-order valence-electron chi connectivity index (χ1n) is 12.0. The Kier molecular flexibility index (Phi) is 7.94. The van der Waals surface area contributed by atoms with Gasteiger partial charge in [0.2, 0.25) is 0 Å². The molecule has 0 amide bonds. The van der Waals surface area contributed by atoms with Gasteiger partial charge in [0.15, 0.2) is 0 Å². The van der Waals surface area contributed by atoms with E-state index in [1.54, 1.807) is 17.4 Å². The number of halogens is 1. The van der Waals surface area contributed by atoms with Gasteiger partial charge in [-0.15, -0.1) is 11.3 Å². The van der Waals surface area contributed by atoms with E-state index >= 15 is 4.39 Å². The minimum Gasteiger partial charge on any atom is -0.367 e. The zero-order valence-corrected chi connectivity index (χ0v) is 20.4. The molecule has 3 nitrogen and oxygen atoms in total. The molecule has 0 aliphatic carbocycles. The Bertz CT molecular complexity index is 1030. The lowest BCUT2D eigenvalue weighted by Crippen LogP contribution is -2.48. The summed E-state index contributed by atoms with van der Waals surface area (Å²) < 4.78 is 15.0. The highest BCUT2D eigenvalue weighted by Gasteiger charge is 2.28. The largest absolute Gasteiger partial charge is 0.367 e. The summed E-state index contributed by atoms with van der Waals surface area (Å²) in [6.45, 7) is 7.36. The second kappa shape index (κ2) is 11.1. The first-order chi connectivity index (χ1) is 16.1. The van der Waals surface area contributed by atoms with E-state index in [1.165, 1.54) is 10.4 Å². The molecule has 0 spiro atoms. The quantitative estimate of drug-likeness (QED) is 0.369. The SMILES string of the molecule is CCC(CC)C(=O)Cc1ccc(N2CCN(C(c3ccccc3)c3cccs3)CC2)c(F)c1. The van der Waals surface area contributed by atoms with E-state index in [2.05, 4.69) is 57.6 Å². The van der Waals surface area contributed by atoms with Crippen LogP contribution in [0.15, 0.2) is 66.0 Å². The van der Waals surface area contributed by atoms with Crippen molar-refractivity contribution in [1.82, 2.24) is 4.90 Å². The molecule has 3 aromatic rings. The minimum absolute atomic E-state index is 0.0710. The molecular weight excluding hydrogens is 431 g/mol. The molecule has 4 rings (SSSR count). The molecule has 5 heteroatoms. The van der Waals surface area contributed by atoms with Gasteiger partial charge in [0.25, 0.3) is 0 Å². The lowest BCUT2D eigenvalue weighted by molar-refractivity contribution is -0.122. The molecule has 174 valence electrons. The van der Waals surface area contributed by atoms with Crippen molar-refractivity contribution in [3.63, 3.8) is 0 Å². The number of benzene rings is 2. The van der Waals surface area contributed by atoms with Gasteiger partial charge >= 0.3 is 0 Å². The third-order valence-corrected chi connectivity index (χ3v) is 7.70. The Balaban J connectivity index is 1.43. The van der Waals surface area contributed by atoms with Crippen LogP contribution >= 0.6 is 11.3 Å². The Morgan fingerprint density at radius 3 is 2.30 bits per heavy atom. The standard InChI is InChI=1S/C28H33FN2OS/c1-3-22(4-2)26(32)20-21-12-13-25(24(29)19-21)30-14-16-31(17-15-30)28(27-11-8-18-33-27)23-9-6-5-7-10-23/h5-13,18-19,22,28H,3-4,14-17,20H2,1-2H3. The van der Waals surface area contributed by atoms with E-state index in [0.29, 0.717) is 12.1 Å². The van der Waals surface area contributed by atoms with Crippen LogP contribution in [0.25, 0.3) is 0 Å². The van der Waals surface area contributed by atoms with Gasteiger partial charge in [-0.1, -0.05) is 56.3 Å². The highest BCUT2D eigenvalue weighted by atomic mass is 32.1. The number of nitrogens with zero attached hydrogens (tertiary/aromatic N) is 2. The molecule has 1 unspecified atom stereocenters. The van der Waals surface area contributed by atoms with E-state index in [4.69, 9.17) is 0 Å². The molecule has 0 bridgehead atoms. The Labute approximate surface area is 200 Å². The summed E-state index contributed by atoms with van der Waals surface area (Å²) in [5.41, 5.74) is 2.71. The number of thiophene rings is 1. The molecule has 0 N–H and O–H groups in total. The summed E-state index contributed by atoms with van der Waals surface area (Å²) >= 11 is 1.79. The molecule has 1 fully saturated rings. The van der Waals surface area contributed by atoms with Crippen molar-refractivity contribution in [1.29, 1.82) is 0 Å². The molecule has 2 aromatic carbocycles. The van der Waals surface area contributed by atoms with E-state index in [1.807, 2.05) is 26.0 Å². The Morgan fingerprint density at radius 1 is 0.970 bits per heavy atom. The molecule has 0 radical (unpaired) electrons. The predicted molar refractivity (Wildman–Crippen MR) is 136 cm³/mol. The Morgan fingerprint density at radius 2 is 1.70 bits per heavy atom. The van der Waals surface area contributed by atoms with Crippen molar-refractivity contribution in [2.24, 2.45) is 5.92 Å². The maximum atomic E-state index is 15.0. The van der Waals surface area contributed by atoms with Crippen LogP contribution in [0.4, 0.5) is 10.1 Å². The number of carbonyl (C=O) groups excluding carboxylic acids is 1. The van der Waals surface area contributed by atoms with Gasteiger partial charge in [0, 0.05) is 43.4 Å². The molecule has 1 aromatic heterocycles. The fraction of sp³-hybridized carbons (Fsp3) is 0.393. The molecule has 1 aliphatic rings. The van der Waals surface area contributed by atoms with Crippen molar-refractivity contribution in [2.45, 2.75) is 39.2 Å². The summed E-state index contributed by atoms with van der Waals surface area (Å²) in [5, 5.41) is 2.13. The monoisotopic (exact) mass is 464 g/mol. The Hall–Kier alpha value is -2.50. The van der Waals surface area contributed by atoms with Crippen molar-refractivity contribution >= 4 is 22.8 Å². The average molecular weight is 465 g/mol. The number of carbonyl (C=O) groups is 1. The fourth-order valence-electron chi connectivity index (χ4n) is 4.86. The van der Waals surface area contributed by atoms with Crippen LogP contribution in [-0.4, -0.2) is 36.9 Å². The van der Waals surface area contributed by atoms with Crippen LogP contribution in [-0.2, 0) is 11.2 Å². The van der Waals surface area contributed by atoms with E-state index < -0.39 is 0 Å². The third-order valence-electron chi connectivity index (χ3n) is 6.78. The second-order valence-electron chi connectivity index (χ2n) is 8.79. The zero-order chi connectivity index (χ0) is 23.2. The maximum absolute atomic E-state index is 15.0. The molecule has 2 heterocycles. The van der Waals surface area contributed by atoms with Gasteiger partial charge < -0.3 is 4.90 Å². The number of hydrogen-bond donors (Lipinski definition) is 0. The van der Waals surface area contributed by atoms with Gasteiger partial charge in [-0.2, -0.15) is 0 Å².